The smallest absolute Gasteiger partial charge is 0.322 e. The number of methoxy groups -OCH3 is 1. The number of carbonyl (C=O) groups is 1. The average molecular weight is 349 g/mol. The van der Waals surface area contributed by atoms with Crippen molar-refractivity contribution in [3.63, 3.8) is 0 Å². The highest BCUT2D eigenvalue weighted by Crippen LogP contribution is 2.26. The lowest BCUT2D eigenvalue weighted by Crippen LogP contribution is -2.33. The molecule has 1 aromatic heterocycles. The number of ether oxygens (including phenoxy) is 1. The number of nitrogens with zero attached hydrogens (tertiary/aromatic N) is 1. The van der Waals surface area contributed by atoms with E-state index in [1.165, 1.54) is 12.5 Å². The van der Waals surface area contributed by atoms with Crippen molar-refractivity contribution in [3.8, 4) is 0 Å². The van der Waals surface area contributed by atoms with Crippen molar-refractivity contribution in [1.82, 2.24) is 4.98 Å². The Labute approximate surface area is 153 Å². The average Bonchev–Trinajstić information content (AvgIpc) is 2.68. The van der Waals surface area contributed by atoms with E-state index in [0.717, 1.165) is 34.6 Å². The Morgan fingerprint density at radius 3 is 2.62 bits per heavy atom. The van der Waals surface area contributed by atoms with E-state index >= 15 is 0 Å². The fourth-order valence-corrected chi connectivity index (χ4v) is 2.88. The molecule has 26 heavy (non-hydrogen) atoms. The third-order valence-electron chi connectivity index (χ3n) is 4.33. The van der Waals surface area contributed by atoms with Crippen LogP contribution in [0.1, 0.15) is 18.2 Å². The van der Waals surface area contributed by atoms with Gasteiger partial charge in [0.25, 0.3) is 0 Å². The summed E-state index contributed by atoms with van der Waals surface area (Å²) in [6.07, 6.45) is 1.32. The molecule has 0 spiro atoms. The Hall–Kier alpha value is -2.92. The van der Waals surface area contributed by atoms with Gasteiger partial charge in [-0.25, -0.2) is 4.98 Å². The maximum Gasteiger partial charge on any atom is 0.322 e. The molecule has 3 rings (SSSR count). The standard InChI is InChI=1S/C21H23N3O2/c1-3-16-13-15-6-4-5-7-18(15)20(23-16)24-17-10-8-14(9-11-17)12-19(22)21(25)26-2/h4-11,13,19H,3,12,22H2,1-2H3,(H,23,24)/t19-/m0/s1. The van der Waals surface area contributed by atoms with Crippen molar-refractivity contribution < 1.29 is 9.53 Å². The lowest BCUT2D eigenvalue weighted by molar-refractivity contribution is -0.142. The summed E-state index contributed by atoms with van der Waals surface area (Å²) in [5.74, 6) is 0.443. The minimum absolute atomic E-state index is 0.403. The van der Waals surface area contributed by atoms with Gasteiger partial charge in [-0.15, -0.1) is 0 Å². The fraction of sp³-hybridized carbons (Fsp3) is 0.238. The van der Waals surface area contributed by atoms with Gasteiger partial charge in [-0.3, -0.25) is 4.79 Å². The van der Waals surface area contributed by atoms with E-state index in [9.17, 15) is 4.79 Å². The molecule has 0 bridgehead atoms. The number of benzene rings is 2. The van der Waals surface area contributed by atoms with E-state index in [4.69, 9.17) is 10.7 Å². The Morgan fingerprint density at radius 2 is 1.92 bits per heavy atom. The summed E-state index contributed by atoms with van der Waals surface area (Å²) in [7, 11) is 1.34. The summed E-state index contributed by atoms with van der Waals surface area (Å²) in [6, 6.07) is 17.5. The molecule has 3 aromatic rings. The van der Waals surface area contributed by atoms with Crippen LogP contribution >= 0.6 is 0 Å². The highest BCUT2D eigenvalue weighted by molar-refractivity contribution is 5.93. The number of anilines is 2. The van der Waals surface area contributed by atoms with Crippen molar-refractivity contribution in [2.45, 2.75) is 25.8 Å². The van der Waals surface area contributed by atoms with E-state index < -0.39 is 12.0 Å². The lowest BCUT2D eigenvalue weighted by atomic mass is 10.1. The zero-order valence-electron chi connectivity index (χ0n) is 15.0. The second-order valence-electron chi connectivity index (χ2n) is 6.19. The van der Waals surface area contributed by atoms with Crippen LogP contribution in [0.25, 0.3) is 10.8 Å². The Bertz CT molecular complexity index is 907. The Balaban J connectivity index is 1.81. The van der Waals surface area contributed by atoms with Crippen molar-refractivity contribution >= 4 is 28.2 Å². The molecule has 0 radical (unpaired) electrons. The molecule has 0 unspecified atom stereocenters. The van der Waals surface area contributed by atoms with Gasteiger partial charge >= 0.3 is 5.97 Å². The predicted octanol–water partition coefficient (Wildman–Crippen LogP) is 3.58. The molecule has 0 amide bonds. The van der Waals surface area contributed by atoms with Gasteiger partial charge in [-0.1, -0.05) is 43.3 Å². The van der Waals surface area contributed by atoms with Gasteiger partial charge in [0.05, 0.1) is 7.11 Å². The Morgan fingerprint density at radius 1 is 1.19 bits per heavy atom. The molecule has 0 aliphatic carbocycles. The first kappa shape index (κ1) is 17.9. The monoisotopic (exact) mass is 349 g/mol. The van der Waals surface area contributed by atoms with Crippen LogP contribution in [0.15, 0.2) is 54.6 Å². The largest absolute Gasteiger partial charge is 0.468 e. The maximum atomic E-state index is 11.4. The third kappa shape index (κ3) is 4.00. The highest BCUT2D eigenvalue weighted by Gasteiger charge is 2.14. The molecule has 0 saturated carbocycles. The summed E-state index contributed by atoms with van der Waals surface area (Å²) >= 11 is 0. The van der Waals surface area contributed by atoms with E-state index in [2.05, 4.69) is 35.2 Å². The van der Waals surface area contributed by atoms with E-state index in [-0.39, 0.29) is 0 Å². The number of pyridine rings is 1. The zero-order valence-corrected chi connectivity index (χ0v) is 15.0. The number of carbonyl (C=O) groups excluding carboxylic acids is 1. The maximum absolute atomic E-state index is 11.4. The van der Waals surface area contributed by atoms with Crippen LogP contribution in [-0.4, -0.2) is 24.1 Å². The SMILES string of the molecule is CCc1cc2ccccc2c(Nc2ccc(C[C@H](N)C(=O)OC)cc2)n1. The van der Waals surface area contributed by atoms with Crippen LogP contribution in [0.3, 0.4) is 0 Å². The van der Waals surface area contributed by atoms with Gasteiger partial charge in [0, 0.05) is 16.8 Å². The second kappa shape index (κ2) is 7.97. The van der Waals surface area contributed by atoms with Crippen LogP contribution in [-0.2, 0) is 22.4 Å². The zero-order chi connectivity index (χ0) is 18.5. The number of hydrogen-bond donors (Lipinski definition) is 2. The van der Waals surface area contributed by atoms with Gasteiger partial charge in [0.15, 0.2) is 0 Å². The molecule has 1 heterocycles. The lowest BCUT2D eigenvalue weighted by Gasteiger charge is -2.12. The third-order valence-corrected chi connectivity index (χ3v) is 4.33. The predicted molar refractivity (Wildman–Crippen MR) is 105 cm³/mol. The molecule has 5 heteroatoms. The summed E-state index contributed by atoms with van der Waals surface area (Å²) in [5, 5.41) is 5.66. The molecule has 0 fully saturated rings. The molecule has 134 valence electrons. The molecular formula is C21H23N3O2. The number of aryl methyl sites for hydroxylation is 1. The number of rotatable bonds is 6. The molecule has 3 N–H and O–H groups in total. The number of esters is 1. The molecule has 0 aliphatic heterocycles. The quantitative estimate of drug-likeness (QED) is 0.665. The molecule has 2 aromatic carbocycles. The normalized spacial score (nSPS) is 12.0. The van der Waals surface area contributed by atoms with E-state index in [1.54, 1.807) is 0 Å². The van der Waals surface area contributed by atoms with E-state index in [1.807, 2.05) is 36.4 Å². The van der Waals surface area contributed by atoms with Gasteiger partial charge in [0.2, 0.25) is 0 Å². The van der Waals surface area contributed by atoms with E-state index in [0.29, 0.717) is 6.42 Å². The number of nitrogens with one attached hydrogen (secondary N) is 1. The first-order chi connectivity index (χ1) is 12.6. The minimum Gasteiger partial charge on any atom is -0.468 e. The number of fused-ring (bicyclic) bond motifs is 1. The topological polar surface area (TPSA) is 77.2 Å². The fourth-order valence-electron chi connectivity index (χ4n) is 2.88. The molecule has 0 aliphatic rings. The van der Waals surface area contributed by atoms with Crippen LogP contribution < -0.4 is 11.1 Å². The van der Waals surface area contributed by atoms with Crippen LogP contribution in [0.4, 0.5) is 11.5 Å². The minimum atomic E-state index is -0.648. The van der Waals surface area contributed by atoms with Gasteiger partial charge in [-0.05, 0) is 42.0 Å². The number of hydrogen-bond acceptors (Lipinski definition) is 5. The van der Waals surface area contributed by atoms with Crippen LogP contribution in [0.5, 0.6) is 0 Å². The van der Waals surface area contributed by atoms with Crippen molar-refractivity contribution in [3.05, 3.63) is 65.9 Å². The molecular weight excluding hydrogens is 326 g/mol. The van der Waals surface area contributed by atoms with Gasteiger partial charge < -0.3 is 15.8 Å². The summed E-state index contributed by atoms with van der Waals surface area (Å²) in [4.78, 5) is 16.2. The molecule has 5 nitrogen and oxygen atoms in total. The number of nitrogens with two attached hydrogens (primary N) is 1. The van der Waals surface area contributed by atoms with Crippen LogP contribution in [0.2, 0.25) is 0 Å². The molecule has 0 saturated heterocycles. The highest BCUT2D eigenvalue weighted by atomic mass is 16.5. The summed E-state index contributed by atoms with van der Waals surface area (Å²) in [6.45, 7) is 2.10. The van der Waals surface area contributed by atoms with Crippen LogP contribution in [0, 0.1) is 0 Å². The van der Waals surface area contributed by atoms with Crippen molar-refractivity contribution in [2.75, 3.05) is 12.4 Å². The van der Waals surface area contributed by atoms with Gasteiger partial charge in [-0.2, -0.15) is 0 Å². The summed E-state index contributed by atoms with van der Waals surface area (Å²) in [5.41, 5.74) is 8.78. The van der Waals surface area contributed by atoms with Crippen molar-refractivity contribution in [2.24, 2.45) is 5.73 Å². The Kier molecular flexibility index (Phi) is 5.49. The van der Waals surface area contributed by atoms with Gasteiger partial charge in [0.1, 0.15) is 11.9 Å². The molecule has 1 atom stereocenters. The first-order valence-corrected chi connectivity index (χ1v) is 8.68. The second-order valence-corrected chi connectivity index (χ2v) is 6.19. The number of aromatic nitrogens is 1. The van der Waals surface area contributed by atoms with Crippen molar-refractivity contribution in [1.29, 1.82) is 0 Å². The summed E-state index contributed by atoms with van der Waals surface area (Å²) < 4.78 is 4.67. The first-order valence-electron chi connectivity index (χ1n) is 8.68.